The molecular weight excluding hydrogens is 565 g/mol. The average Bonchev–Trinajstić information content (AvgIpc) is 3.00. The normalized spacial score (nSPS) is 20.6. The fraction of sp³-hybridized carbons (Fsp3) is 0.452. The lowest BCUT2D eigenvalue weighted by Crippen LogP contribution is -2.49. The van der Waals surface area contributed by atoms with E-state index in [2.05, 4.69) is 14.8 Å². The van der Waals surface area contributed by atoms with Crippen LogP contribution in [0.1, 0.15) is 48.2 Å². The molecule has 3 heterocycles. The average molecular weight is 603 g/mol. The summed E-state index contributed by atoms with van der Waals surface area (Å²) in [5.41, 5.74) is 3.60. The van der Waals surface area contributed by atoms with E-state index < -0.39 is 6.10 Å². The smallest absolute Gasteiger partial charge is 0.158 e. The highest BCUT2D eigenvalue weighted by molar-refractivity contribution is 6.33. The van der Waals surface area contributed by atoms with Crippen LogP contribution in [0.25, 0.3) is 0 Å². The zero-order chi connectivity index (χ0) is 28.6. The summed E-state index contributed by atoms with van der Waals surface area (Å²) in [5, 5.41) is 21.4. The number of nitrogens with zero attached hydrogens (tertiary/aromatic N) is 3. The van der Waals surface area contributed by atoms with Crippen LogP contribution in [0, 0.1) is 0 Å². The summed E-state index contributed by atoms with van der Waals surface area (Å²) in [7, 11) is 0. The fourth-order valence-electron chi connectivity index (χ4n) is 5.33. The van der Waals surface area contributed by atoms with E-state index in [9.17, 15) is 5.11 Å². The zero-order valence-electron chi connectivity index (χ0n) is 23.0. The molecular formula is C31H37Cl2N3O5. The summed E-state index contributed by atoms with van der Waals surface area (Å²) >= 11 is 12.9. The quantitative estimate of drug-likeness (QED) is 0.302. The molecule has 0 bridgehead atoms. The molecule has 0 aliphatic carbocycles. The molecule has 220 valence electrons. The molecule has 2 aliphatic rings. The molecule has 3 aromatic rings. The maximum absolute atomic E-state index is 11.1. The minimum Gasteiger partial charge on any atom is -0.491 e. The van der Waals surface area contributed by atoms with Gasteiger partial charge in [0.15, 0.2) is 6.29 Å². The maximum atomic E-state index is 11.1. The molecule has 3 atom stereocenters. The molecule has 2 aliphatic heterocycles. The van der Waals surface area contributed by atoms with Crippen LogP contribution < -0.4 is 9.64 Å². The first-order valence-corrected chi connectivity index (χ1v) is 14.9. The SMILES string of the molecule is OCCOc1ccc(N2CCN(C[C@@H](O)c3ccc(COC4CCCCO4)nc3)C[C@H]2c2ccc(Cl)cc2)c(Cl)c1. The second kappa shape index (κ2) is 14.6. The molecule has 2 aromatic carbocycles. The minimum absolute atomic E-state index is 0.00502. The monoisotopic (exact) mass is 601 g/mol. The van der Waals surface area contributed by atoms with Crippen molar-refractivity contribution in [2.24, 2.45) is 0 Å². The van der Waals surface area contributed by atoms with Crippen molar-refractivity contribution in [2.45, 2.75) is 44.3 Å². The lowest BCUT2D eigenvalue weighted by atomic mass is 10.0. The highest BCUT2D eigenvalue weighted by Crippen LogP contribution is 2.37. The van der Waals surface area contributed by atoms with Gasteiger partial charge in [-0.2, -0.15) is 0 Å². The van der Waals surface area contributed by atoms with Crippen LogP contribution in [0.4, 0.5) is 5.69 Å². The fourth-order valence-corrected chi connectivity index (χ4v) is 5.73. The molecule has 5 rings (SSSR count). The van der Waals surface area contributed by atoms with Crippen LogP contribution in [0.2, 0.25) is 10.0 Å². The predicted octanol–water partition coefficient (Wildman–Crippen LogP) is 5.40. The van der Waals surface area contributed by atoms with Crippen LogP contribution in [0.15, 0.2) is 60.8 Å². The number of hydrogen-bond donors (Lipinski definition) is 2. The van der Waals surface area contributed by atoms with Gasteiger partial charge in [0.1, 0.15) is 12.4 Å². The molecule has 0 radical (unpaired) electrons. The number of ether oxygens (including phenoxy) is 3. The highest BCUT2D eigenvalue weighted by Gasteiger charge is 2.31. The Hall–Kier alpha value is -2.43. The van der Waals surface area contributed by atoms with Crippen molar-refractivity contribution >= 4 is 28.9 Å². The molecule has 2 saturated heterocycles. The number of rotatable bonds is 11. The maximum Gasteiger partial charge on any atom is 0.158 e. The Morgan fingerprint density at radius 2 is 1.90 bits per heavy atom. The first-order valence-electron chi connectivity index (χ1n) is 14.1. The Morgan fingerprint density at radius 3 is 2.61 bits per heavy atom. The molecule has 0 saturated carbocycles. The number of β-amino-alcohol motifs (C(OH)–C–C–N with tert-alkyl or cyclic N) is 1. The second-order valence-electron chi connectivity index (χ2n) is 10.4. The van der Waals surface area contributed by atoms with Crippen LogP contribution >= 0.6 is 23.2 Å². The Balaban J connectivity index is 1.24. The standard InChI is InChI=1S/C31H37Cl2N3O5/c32-24-7-4-22(5-8-24)29-19-35(12-13-36(29)28-11-10-26(17-27(28)33)39-16-14-37)20-30(38)23-6-9-25(34-18-23)21-41-31-3-1-2-15-40-31/h4-11,17-18,29-31,37-38H,1-3,12-16,19-21H2/t29-,30+,31?/m0/s1. The lowest BCUT2D eigenvalue weighted by molar-refractivity contribution is -0.169. The predicted molar refractivity (Wildman–Crippen MR) is 160 cm³/mol. The van der Waals surface area contributed by atoms with Crippen molar-refractivity contribution in [3.05, 3.63) is 87.7 Å². The van der Waals surface area contributed by atoms with Crippen LogP contribution in [-0.4, -0.2) is 72.4 Å². The summed E-state index contributed by atoms with van der Waals surface area (Å²) in [6, 6.07) is 17.3. The molecule has 0 amide bonds. The van der Waals surface area contributed by atoms with Crippen molar-refractivity contribution < 1.29 is 24.4 Å². The van der Waals surface area contributed by atoms with Gasteiger partial charge >= 0.3 is 0 Å². The number of aliphatic hydroxyl groups excluding tert-OH is 2. The topological polar surface area (TPSA) is 87.5 Å². The van der Waals surface area contributed by atoms with Gasteiger partial charge in [0, 0.05) is 55.6 Å². The third-order valence-corrected chi connectivity index (χ3v) is 8.08. The van der Waals surface area contributed by atoms with Gasteiger partial charge in [0.05, 0.1) is 41.8 Å². The van der Waals surface area contributed by atoms with Crippen molar-refractivity contribution in [3.63, 3.8) is 0 Å². The molecule has 2 fully saturated rings. The van der Waals surface area contributed by atoms with Crippen LogP contribution in [0.5, 0.6) is 5.75 Å². The van der Waals surface area contributed by atoms with Crippen LogP contribution in [-0.2, 0) is 16.1 Å². The molecule has 10 heteroatoms. The Morgan fingerprint density at radius 1 is 1.05 bits per heavy atom. The van der Waals surface area contributed by atoms with Crippen molar-refractivity contribution in [2.75, 3.05) is 50.9 Å². The lowest BCUT2D eigenvalue weighted by Gasteiger charge is -2.44. The van der Waals surface area contributed by atoms with Gasteiger partial charge in [-0.3, -0.25) is 9.88 Å². The number of hydrogen-bond acceptors (Lipinski definition) is 8. The Labute approximate surface area is 251 Å². The Bertz CT molecular complexity index is 1240. The number of piperazine rings is 1. The number of pyridine rings is 1. The zero-order valence-corrected chi connectivity index (χ0v) is 24.5. The number of anilines is 1. The molecule has 8 nitrogen and oxygen atoms in total. The van der Waals surface area contributed by atoms with Gasteiger partial charge in [-0.05, 0) is 55.2 Å². The van der Waals surface area contributed by atoms with E-state index in [0.29, 0.717) is 42.0 Å². The number of benzene rings is 2. The minimum atomic E-state index is -0.678. The molecule has 41 heavy (non-hydrogen) atoms. The number of aliphatic hydroxyl groups is 2. The first kappa shape index (κ1) is 30.0. The largest absolute Gasteiger partial charge is 0.491 e. The van der Waals surface area contributed by atoms with Gasteiger partial charge < -0.3 is 29.3 Å². The Kier molecular flexibility index (Phi) is 10.7. The third kappa shape index (κ3) is 8.11. The summed E-state index contributed by atoms with van der Waals surface area (Å²) in [6.07, 6.45) is 4.02. The van der Waals surface area contributed by atoms with Gasteiger partial charge in [-0.25, -0.2) is 0 Å². The number of aromatic nitrogens is 1. The van der Waals surface area contributed by atoms with E-state index >= 15 is 0 Å². The van der Waals surface area contributed by atoms with Crippen molar-refractivity contribution in [1.82, 2.24) is 9.88 Å². The first-order chi connectivity index (χ1) is 20.0. The van der Waals surface area contributed by atoms with Crippen LogP contribution in [0.3, 0.4) is 0 Å². The third-order valence-electron chi connectivity index (χ3n) is 7.53. The molecule has 0 spiro atoms. The van der Waals surface area contributed by atoms with E-state index in [4.69, 9.17) is 42.5 Å². The van der Waals surface area contributed by atoms with E-state index in [1.165, 1.54) is 0 Å². The summed E-state index contributed by atoms with van der Waals surface area (Å²) in [5.74, 6) is 0.617. The van der Waals surface area contributed by atoms with Gasteiger partial charge in [-0.15, -0.1) is 0 Å². The van der Waals surface area contributed by atoms with Crippen molar-refractivity contribution in [3.8, 4) is 5.75 Å². The van der Waals surface area contributed by atoms with Gasteiger partial charge in [0.25, 0.3) is 0 Å². The van der Waals surface area contributed by atoms with E-state index in [-0.39, 0.29) is 25.5 Å². The van der Waals surface area contributed by atoms with E-state index in [0.717, 1.165) is 54.9 Å². The number of halogens is 2. The summed E-state index contributed by atoms with van der Waals surface area (Å²) < 4.78 is 17.0. The highest BCUT2D eigenvalue weighted by atomic mass is 35.5. The summed E-state index contributed by atoms with van der Waals surface area (Å²) in [6.45, 7) is 3.93. The molecule has 2 N–H and O–H groups in total. The summed E-state index contributed by atoms with van der Waals surface area (Å²) in [4.78, 5) is 9.07. The molecule has 1 aromatic heterocycles. The molecule has 1 unspecified atom stereocenters. The second-order valence-corrected chi connectivity index (χ2v) is 11.3. The van der Waals surface area contributed by atoms with Gasteiger partial charge in [-0.1, -0.05) is 41.4 Å². The van der Waals surface area contributed by atoms with E-state index in [1.54, 1.807) is 12.3 Å². The van der Waals surface area contributed by atoms with Crippen molar-refractivity contribution in [1.29, 1.82) is 0 Å². The van der Waals surface area contributed by atoms with Gasteiger partial charge in [0.2, 0.25) is 0 Å². The van der Waals surface area contributed by atoms with E-state index in [1.807, 2.05) is 48.5 Å².